The van der Waals surface area contributed by atoms with Gasteiger partial charge in [-0.15, -0.1) is 11.3 Å². The summed E-state index contributed by atoms with van der Waals surface area (Å²) in [6.45, 7) is 6.26. The molecule has 0 bridgehead atoms. The molecule has 7 heteroatoms. The van der Waals surface area contributed by atoms with Crippen molar-refractivity contribution in [3.8, 4) is 0 Å². The first-order chi connectivity index (χ1) is 9.99. The highest BCUT2D eigenvalue weighted by molar-refractivity contribution is 7.19. The fourth-order valence-corrected chi connectivity index (χ4v) is 3.83. The molecule has 0 saturated carbocycles. The van der Waals surface area contributed by atoms with E-state index in [0.29, 0.717) is 17.3 Å². The van der Waals surface area contributed by atoms with E-state index in [9.17, 15) is 9.59 Å². The molecule has 1 aliphatic heterocycles. The molecule has 0 radical (unpaired) electrons. The second-order valence-electron chi connectivity index (χ2n) is 5.26. The number of thiophene rings is 1. The third-order valence-electron chi connectivity index (χ3n) is 3.87. The number of nitrogen functional groups attached to an aromatic ring is 1. The molecule has 116 valence electrons. The Hall–Kier alpha value is -1.76. The van der Waals surface area contributed by atoms with E-state index in [4.69, 9.17) is 11.5 Å². The summed E-state index contributed by atoms with van der Waals surface area (Å²) in [7, 11) is 0. The fraction of sp³-hybridized carbons (Fsp3) is 0.571. The lowest BCUT2D eigenvalue weighted by Gasteiger charge is -2.17. The second-order valence-corrected chi connectivity index (χ2v) is 6.26. The summed E-state index contributed by atoms with van der Waals surface area (Å²) in [5.74, 6) is -0.212. The minimum Gasteiger partial charge on any atom is -0.397 e. The van der Waals surface area contributed by atoms with Gasteiger partial charge in [0.1, 0.15) is 9.88 Å². The van der Waals surface area contributed by atoms with Crippen molar-refractivity contribution < 1.29 is 9.59 Å². The van der Waals surface area contributed by atoms with Crippen molar-refractivity contribution in [2.24, 2.45) is 11.7 Å². The van der Waals surface area contributed by atoms with Gasteiger partial charge in [0.15, 0.2) is 0 Å². The lowest BCUT2D eigenvalue weighted by Crippen LogP contribution is -2.23. The topological polar surface area (TPSA) is 101 Å². The highest BCUT2D eigenvalue weighted by Gasteiger charge is 2.30. The van der Waals surface area contributed by atoms with Gasteiger partial charge in [-0.3, -0.25) is 9.59 Å². The van der Waals surface area contributed by atoms with Gasteiger partial charge >= 0.3 is 0 Å². The first kappa shape index (κ1) is 15.6. The second kappa shape index (κ2) is 6.34. The summed E-state index contributed by atoms with van der Waals surface area (Å²) in [4.78, 5) is 26.3. The molecule has 1 fully saturated rings. The number of carbonyl (C=O) groups is 2. The molecule has 1 aliphatic rings. The molecular formula is C14H22N4O2S. The Kier molecular flexibility index (Phi) is 4.72. The van der Waals surface area contributed by atoms with E-state index in [-0.39, 0.29) is 17.2 Å². The van der Waals surface area contributed by atoms with Gasteiger partial charge in [-0.1, -0.05) is 13.3 Å². The number of amides is 2. The summed E-state index contributed by atoms with van der Waals surface area (Å²) >= 11 is 1.26. The Morgan fingerprint density at radius 1 is 1.43 bits per heavy atom. The van der Waals surface area contributed by atoms with E-state index in [1.165, 1.54) is 11.3 Å². The average molecular weight is 310 g/mol. The maximum absolute atomic E-state index is 12.0. The lowest BCUT2D eigenvalue weighted by atomic mass is 10.1. The van der Waals surface area contributed by atoms with Crippen molar-refractivity contribution in [3.05, 3.63) is 10.4 Å². The summed E-state index contributed by atoms with van der Waals surface area (Å²) in [5.41, 5.74) is 12.0. The highest BCUT2D eigenvalue weighted by Crippen LogP contribution is 2.40. The molecule has 0 aromatic carbocycles. The smallest absolute Gasteiger partial charge is 0.263 e. The predicted octanol–water partition coefficient (Wildman–Crippen LogP) is 1.42. The Balaban J connectivity index is 2.38. The van der Waals surface area contributed by atoms with Crippen molar-refractivity contribution in [2.75, 3.05) is 30.3 Å². The number of rotatable bonds is 5. The number of hydrogen-bond acceptors (Lipinski definition) is 5. The maximum atomic E-state index is 12.0. The van der Waals surface area contributed by atoms with Crippen LogP contribution in [0.1, 0.15) is 46.7 Å². The predicted molar refractivity (Wildman–Crippen MR) is 85.9 cm³/mol. The molecule has 2 heterocycles. The highest BCUT2D eigenvalue weighted by atomic mass is 32.1. The number of carbonyl (C=O) groups excluding carboxylic acids is 2. The van der Waals surface area contributed by atoms with E-state index in [1.54, 1.807) is 0 Å². The van der Waals surface area contributed by atoms with Crippen LogP contribution in [0.25, 0.3) is 0 Å². The molecule has 2 rings (SSSR count). The van der Waals surface area contributed by atoms with E-state index in [0.717, 1.165) is 30.9 Å². The molecule has 6 nitrogen and oxygen atoms in total. The minimum atomic E-state index is -0.575. The van der Waals surface area contributed by atoms with Crippen LogP contribution in [-0.2, 0) is 0 Å². The Labute approximate surface area is 128 Å². The minimum absolute atomic E-state index is 0.202. The van der Waals surface area contributed by atoms with E-state index < -0.39 is 5.91 Å². The number of nitrogens with zero attached hydrogens (tertiary/aromatic N) is 1. The van der Waals surface area contributed by atoms with Crippen LogP contribution in [0.15, 0.2) is 0 Å². The largest absolute Gasteiger partial charge is 0.397 e. The molecule has 0 aliphatic carbocycles. The zero-order valence-electron chi connectivity index (χ0n) is 12.4. The van der Waals surface area contributed by atoms with E-state index >= 15 is 0 Å². The monoisotopic (exact) mass is 310 g/mol. The van der Waals surface area contributed by atoms with Crippen LogP contribution in [0.4, 0.5) is 10.7 Å². The molecule has 2 amide bonds. The molecule has 0 spiro atoms. The Morgan fingerprint density at radius 3 is 2.67 bits per heavy atom. The molecule has 21 heavy (non-hydrogen) atoms. The van der Waals surface area contributed by atoms with Crippen LogP contribution < -0.4 is 21.7 Å². The van der Waals surface area contributed by atoms with Crippen LogP contribution in [0.5, 0.6) is 0 Å². The van der Waals surface area contributed by atoms with Gasteiger partial charge in [0.25, 0.3) is 11.8 Å². The molecule has 1 atom stereocenters. The Morgan fingerprint density at radius 2 is 2.14 bits per heavy atom. The first-order valence-corrected chi connectivity index (χ1v) is 8.06. The summed E-state index contributed by atoms with van der Waals surface area (Å²) in [6, 6.07) is 0. The van der Waals surface area contributed by atoms with Gasteiger partial charge in [-0.05, 0) is 19.3 Å². The van der Waals surface area contributed by atoms with Crippen molar-refractivity contribution >= 4 is 33.8 Å². The standard InChI is InChI=1S/C14H22N4O2S/c1-3-8-5-6-18(7-8)14-9(12(16)19)10(15)11(21-14)13(20)17-4-2/h8H,3-7,15H2,1-2H3,(H2,16,19)(H,17,20). The number of hydrogen-bond donors (Lipinski definition) is 3. The third kappa shape index (κ3) is 2.97. The van der Waals surface area contributed by atoms with E-state index in [2.05, 4.69) is 17.1 Å². The summed E-state index contributed by atoms with van der Waals surface area (Å²) < 4.78 is 0. The van der Waals surface area contributed by atoms with Gasteiger partial charge in [-0.25, -0.2) is 0 Å². The van der Waals surface area contributed by atoms with Crippen molar-refractivity contribution in [2.45, 2.75) is 26.7 Å². The van der Waals surface area contributed by atoms with Gasteiger partial charge < -0.3 is 21.7 Å². The fourth-order valence-electron chi connectivity index (χ4n) is 2.65. The van der Waals surface area contributed by atoms with Crippen LogP contribution in [-0.4, -0.2) is 31.4 Å². The SMILES string of the molecule is CCNC(=O)c1sc(N2CCC(CC)C2)c(C(N)=O)c1N. The zero-order valence-corrected chi connectivity index (χ0v) is 13.3. The van der Waals surface area contributed by atoms with Crippen LogP contribution in [0.3, 0.4) is 0 Å². The van der Waals surface area contributed by atoms with Gasteiger partial charge in [0.05, 0.1) is 11.3 Å². The molecule has 1 unspecified atom stereocenters. The zero-order chi connectivity index (χ0) is 15.6. The molecule has 1 saturated heterocycles. The van der Waals surface area contributed by atoms with Gasteiger partial charge in [-0.2, -0.15) is 0 Å². The van der Waals surface area contributed by atoms with Crippen molar-refractivity contribution in [1.29, 1.82) is 0 Å². The van der Waals surface area contributed by atoms with Crippen molar-refractivity contribution in [3.63, 3.8) is 0 Å². The summed E-state index contributed by atoms with van der Waals surface area (Å²) in [6.07, 6.45) is 2.19. The number of nitrogens with one attached hydrogen (secondary N) is 1. The van der Waals surface area contributed by atoms with Gasteiger partial charge in [0.2, 0.25) is 0 Å². The Bertz CT molecular complexity index is 555. The molecule has 1 aromatic rings. The van der Waals surface area contributed by atoms with Crippen LogP contribution >= 0.6 is 11.3 Å². The number of anilines is 2. The number of primary amides is 1. The molecule has 1 aromatic heterocycles. The first-order valence-electron chi connectivity index (χ1n) is 7.24. The molecule has 5 N–H and O–H groups in total. The quantitative estimate of drug-likeness (QED) is 0.765. The average Bonchev–Trinajstić information content (AvgIpc) is 3.02. The third-order valence-corrected chi connectivity index (χ3v) is 5.13. The van der Waals surface area contributed by atoms with Crippen LogP contribution in [0, 0.1) is 5.92 Å². The summed E-state index contributed by atoms with van der Waals surface area (Å²) in [5, 5.41) is 3.45. The van der Waals surface area contributed by atoms with Crippen molar-refractivity contribution in [1.82, 2.24) is 5.32 Å². The lowest BCUT2D eigenvalue weighted by molar-refractivity contribution is 0.0960. The normalized spacial score (nSPS) is 18.0. The van der Waals surface area contributed by atoms with E-state index in [1.807, 2.05) is 6.92 Å². The van der Waals surface area contributed by atoms with Crippen LogP contribution in [0.2, 0.25) is 0 Å². The number of nitrogens with two attached hydrogens (primary N) is 2. The van der Waals surface area contributed by atoms with Gasteiger partial charge in [0, 0.05) is 19.6 Å². The molecular weight excluding hydrogens is 288 g/mol. The maximum Gasteiger partial charge on any atom is 0.263 e.